The van der Waals surface area contributed by atoms with Crippen LogP contribution in [0.25, 0.3) is 11.1 Å². The van der Waals surface area contributed by atoms with Crippen LogP contribution in [0.1, 0.15) is 31.6 Å². The number of rotatable bonds is 5. The van der Waals surface area contributed by atoms with E-state index in [1.165, 1.54) is 6.07 Å². The molecule has 1 aliphatic heterocycles. The summed E-state index contributed by atoms with van der Waals surface area (Å²) in [6.45, 7) is 4.42. The first-order valence-corrected chi connectivity index (χ1v) is 10.0. The smallest absolute Gasteiger partial charge is 0.219 e. The third kappa shape index (κ3) is 4.00. The molecule has 1 unspecified atom stereocenters. The van der Waals surface area contributed by atoms with Gasteiger partial charge in [-0.1, -0.05) is 11.6 Å². The van der Waals surface area contributed by atoms with Crippen molar-refractivity contribution < 1.29 is 19.0 Å². The van der Waals surface area contributed by atoms with E-state index in [4.69, 9.17) is 22.1 Å². The average molecular weight is 446 g/mol. The number of nitrogen functional groups attached to an aromatic ring is 1. The molecule has 3 heterocycles. The number of phenols is 1. The number of halogens is 2. The second kappa shape index (κ2) is 8.07. The molecule has 31 heavy (non-hydrogen) atoms. The van der Waals surface area contributed by atoms with Crippen LogP contribution in [-0.4, -0.2) is 43.8 Å². The minimum atomic E-state index is -0.780. The molecule has 1 saturated heterocycles. The second-order valence-corrected chi connectivity index (χ2v) is 7.83. The number of anilines is 1. The molecule has 0 radical (unpaired) electrons. The first-order chi connectivity index (χ1) is 14.7. The van der Waals surface area contributed by atoms with Crippen LogP contribution in [0.4, 0.5) is 10.2 Å². The fourth-order valence-electron chi connectivity index (χ4n) is 3.47. The number of aromatic hydroxyl groups is 1. The number of benzene rings is 1. The van der Waals surface area contributed by atoms with E-state index in [0.717, 1.165) is 17.2 Å². The molecular weight excluding hydrogens is 425 g/mol. The van der Waals surface area contributed by atoms with Crippen LogP contribution in [0, 0.1) is 5.82 Å². The fraction of sp³-hybridized carbons (Fsp3) is 0.286. The molecule has 1 aromatic carbocycles. The van der Waals surface area contributed by atoms with E-state index < -0.39 is 11.9 Å². The Kier molecular flexibility index (Phi) is 5.45. The second-order valence-electron chi connectivity index (χ2n) is 7.45. The molecule has 162 valence electrons. The van der Waals surface area contributed by atoms with E-state index in [1.807, 2.05) is 10.9 Å². The average Bonchev–Trinajstić information content (AvgIpc) is 3.15. The summed E-state index contributed by atoms with van der Waals surface area (Å²) in [5.74, 6) is -0.374. The number of pyridine rings is 1. The highest BCUT2D eigenvalue weighted by molar-refractivity contribution is 6.31. The lowest BCUT2D eigenvalue weighted by Crippen LogP contribution is -2.49. The van der Waals surface area contributed by atoms with Crippen LogP contribution < -0.4 is 10.5 Å². The normalized spacial score (nSPS) is 14.9. The maximum absolute atomic E-state index is 13.8. The highest BCUT2D eigenvalue weighted by Gasteiger charge is 2.30. The largest absolute Gasteiger partial charge is 0.507 e. The molecule has 0 saturated carbocycles. The van der Waals surface area contributed by atoms with Crippen LogP contribution in [0.5, 0.6) is 11.5 Å². The Morgan fingerprint density at radius 1 is 1.35 bits per heavy atom. The van der Waals surface area contributed by atoms with E-state index in [1.54, 1.807) is 37.2 Å². The van der Waals surface area contributed by atoms with Crippen molar-refractivity contribution in [1.29, 1.82) is 0 Å². The number of amides is 1. The van der Waals surface area contributed by atoms with Crippen LogP contribution >= 0.6 is 11.6 Å². The summed E-state index contributed by atoms with van der Waals surface area (Å²) < 4.78 is 21.5. The lowest BCUT2D eigenvalue weighted by molar-refractivity contribution is -0.134. The number of carbonyl (C=O) groups excluding carboxylic acids is 1. The monoisotopic (exact) mass is 445 g/mol. The highest BCUT2D eigenvalue weighted by atomic mass is 35.5. The molecule has 0 spiro atoms. The van der Waals surface area contributed by atoms with Gasteiger partial charge in [0, 0.05) is 43.5 Å². The Morgan fingerprint density at radius 2 is 2.10 bits per heavy atom. The summed E-state index contributed by atoms with van der Waals surface area (Å²) >= 11 is 6.01. The van der Waals surface area contributed by atoms with Crippen molar-refractivity contribution >= 4 is 23.3 Å². The quantitative estimate of drug-likeness (QED) is 0.621. The number of hydrogen-bond donors (Lipinski definition) is 2. The lowest BCUT2D eigenvalue weighted by Gasteiger charge is -2.38. The molecule has 0 bridgehead atoms. The Bertz CT molecular complexity index is 1150. The summed E-state index contributed by atoms with van der Waals surface area (Å²) in [5.41, 5.74) is 7.61. The van der Waals surface area contributed by atoms with Crippen molar-refractivity contribution in [1.82, 2.24) is 19.7 Å². The zero-order chi connectivity index (χ0) is 22.3. The number of ether oxygens (including phenoxy) is 1. The molecular formula is C21H21ClFN5O3. The SMILES string of the molecule is CC(=O)N1CC(n2cc(-c3cnc(N)c(OC(C)c4c(O)ccc(F)c4Cl)c3)cn2)C1. The molecule has 2 aromatic heterocycles. The molecule has 10 heteroatoms. The lowest BCUT2D eigenvalue weighted by atomic mass is 10.1. The van der Waals surface area contributed by atoms with Crippen LogP contribution in [-0.2, 0) is 4.79 Å². The molecule has 4 rings (SSSR count). The van der Waals surface area contributed by atoms with Crippen molar-refractivity contribution in [2.75, 3.05) is 18.8 Å². The summed E-state index contributed by atoms with van der Waals surface area (Å²) in [4.78, 5) is 17.3. The van der Waals surface area contributed by atoms with Crippen molar-refractivity contribution in [2.45, 2.75) is 26.0 Å². The molecule has 1 amide bonds. The Balaban J connectivity index is 1.55. The number of aromatic nitrogens is 3. The van der Waals surface area contributed by atoms with Crippen LogP contribution in [0.2, 0.25) is 5.02 Å². The number of carbonyl (C=O) groups is 1. The molecule has 1 atom stereocenters. The summed E-state index contributed by atoms with van der Waals surface area (Å²) in [5, 5.41) is 14.3. The molecule has 0 aliphatic carbocycles. The van der Waals surface area contributed by atoms with Gasteiger partial charge in [0.1, 0.15) is 17.7 Å². The van der Waals surface area contributed by atoms with Gasteiger partial charge in [0.25, 0.3) is 0 Å². The highest BCUT2D eigenvalue weighted by Crippen LogP contribution is 2.37. The van der Waals surface area contributed by atoms with E-state index in [9.17, 15) is 14.3 Å². The van der Waals surface area contributed by atoms with Crippen molar-refractivity contribution in [3.05, 3.63) is 53.2 Å². The minimum absolute atomic E-state index is 0.0479. The van der Waals surface area contributed by atoms with Crippen LogP contribution in [0.3, 0.4) is 0 Å². The van der Waals surface area contributed by atoms with Gasteiger partial charge in [0.2, 0.25) is 5.91 Å². The van der Waals surface area contributed by atoms with Crippen LogP contribution in [0.15, 0.2) is 36.8 Å². The third-order valence-electron chi connectivity index (χ3n) is 5.32. The van der Waals surface area contributed by atoms with Gasteiger partial charge in [-0.25, -0.2) is 9.37 Å². The first-order valence-electron chi connectivity index (χ1n) is 9.63. The summed E-state index contributed by atoms with van der Waals surface area (Å²) in [6.07, 6.45) is 4.39. The van der Waals surface area contributed by atoms with Gasteiger partial charge < -0.3 is 20.5 Å². The van der Waals surface area contributed by atoms with Gasteiger partial charge in [0.05, 0.1) is 22.8 Å². The van der Waals surface area contributed by atoms with Gasteiger partial charge in [-0.3, -0.25) is 9.48 Å². The maximum Gasteiger partial charge on any atom is 0.219 e. The first kappa shape index (κ1) is 20.9. The van der Waals surface area contributed by atoms with Gasteiger partial charge in [-0.15, -0.1) is 0 Å². The zero-order valence-electron chi connectivity index (χ0n) is 16.9. The predicted molar refractivity (Wildman–Crippen MR) is 113 cm³/mol. The maximum atomic E-state index is 13.8. The molecule has 3 N–H and O–H groups in total. The van der Waals surface area contributed by atoms with Gasteiger partial charge in [0.15, 0.2) is 11.6 Å². The van der Waals surface area contributed by atoms with E-state index in [0.29, 0.717) is 13.1 Å². The van der Waals surface area contributed by atoms with Crippen molar-refractivity contribution in [3.63, 3.8) is 0 Å². The molecule has 1 aliphatic rings. The molecule has 3 aromatic rings. The minimum Gasteiger partial charge on any atom is -0.507 e. The van der Waals surface area contributed by atoms with Gasteiger partial charge in [-0.05, 0) is 25.1 Å². The van der Waals surface area contributed by atoms with E-state index >= 15 is 0 Å². The Labute approximate surface area is 183 Å². The standard InChI is InChI=1S/C21H21ClFN5O3/c1-11(19-17(30)4-3-16(23)20(19)22)31-18-5-13(6-25-21(18)24)14-7-26-28(8-14)15-9-27(10-15)12(2)29/h3-8,11,15,30H,9-10H2,1-2H3,(H2,24,25). The Morgan fingerprint density at radius 3 is 2.81 bits per heavy atom. The van der Waals surface area contributed by atoms with Gasteiger partial charge >= 0.3 is 0 Å². The summed E-state index contributed by atoms with van der Waals surface area (Å²) in [7, 11) is 0. The number of hydrogen-bond acceptors (Lipinski definition) is 6. The number of phenolic OH excluding ortho intramolecular Hbond substituents is 1. The number of likely N-dealkylation sites (tertiary alicyclic amines) is 1. The van der Waals surface area contributed by atoms with E-state index in [-0.39, 0.29) is 39.9 Å². The predicted octanol–water partition coefficient (Wildman–Crippen LogP) is 3.57. The van der Waals surface area contributed by atoms with E-state index in [2.05, 4.69) is 10.1 Å². The van der Waals surface area contributed by atoms with Crippen molar-refractivity contribution in [3.8, 4) is 22.6 Å². The third-order valence-corrected chi connectivity index (χ3v) is 5.70. The number of nitrogens with two attached hydrogens (primary N) is 1. The summed E-state index contributed by atoms with van der Waals surface area (Å²) in [6, 6.07) is 4.14. The van der Waals surface area contributed by atoms with Gasteiger partial charge in [-0.2, -0.15) is 5.10 Å². The fourth-order valence-corrected chi connectivity index (χ4v) is 3.78. The molecule has 1 fully saturated rings. The topological polar surface area (TPSA) is 107 Å². The Hall–Kier alpha value is -3.33. The number of nitrogens with zero attached hydrogens (tertiary/aromatic N) is 4. The van der Waals surface area contributed by atoms with Crippen molar-refractivity contribution in [2.24, 2.45) is 0 Å². The molecule has 8 nitrogen and oxygen atoms in total. The zero-order valence-corrected chi connectivity index (χ0v) is 17.7.